The van der Waals surface area contributed by atoms with Gasteiger partial charge in [0.25, 0.3) is 0 Å². The van der Waals surface area contributed by atoms with Crippen LogP contribution in [0.1, 0.15) is 30.3 Å². The molecular weight excluding hydrogens is 441 g/mol. The van der Waals surface area contributed by atoms with Crippen LogP contribution >= 0.6 is 24.0 Å². The molecule has 0 aliphatic carbocycles. The molecule has 0 spiro atoms. The molecule has 1 unspecified atom stereocenters. The Kier molecular flexibility index (Phi) is 8.30. The first kappa shape index (κ1) is 20.6. The van der Waals surface area contributed by atoms with Crippen molar-refractivity contribution in [2.45, 2.75) is 25.4 Å². The Morgan fingerprint density at radius 1 is 1.19 bits per heavy atom. The quantitative estimate of drug-likeness (QED) is 0.385. The van der Waals surface area contributed by atoms with Crippen molar-refractivity contribution in [2.24, 2.45) is 12.0 Å². The van der Waals surface area contributed by atoms with Crippen LogP contribution in [0.3, 0.4) is 0 Å². The molecule has 0 radical (unpaired) electrons. The summed E-state index contributed by atoms with van der Waals surface area (Å²) >= 11 is 0. The van der Waals surface area contributed by atoms with Crippen molar-refractivity contribution in [3.63, 3.8) is 0 Å². The van der Waals surface area contributed by atoms with Crippen LogP contribution in [0.2, 0.25) is 0 Å². The number of aliphatic imine (C=N–C) groups is 1. The highest BCUT2D eigenvalue weighted by Crippen LogP contribution is 2.24. The molecule has 0 saturated carbocycles. The van der Waals surface area contributed by atoms with Crippen molar-refractivity contribution in [3.8, 4) is 0 Å². The number of aryl methyl sites for hydroxylation is 1. The minimum Gasteiger partial charge on any atom is -0.354 e. The lowest BCUT2D eigenvalue weighted by Gasteiger charge is -2.28. The minimum atomic E-state index is 0. The predicted octanol–water partition coefficient (Wildman–Crippen LogP) is 1.94. The molecule has 0 amide bonds. The summed E-state index contributed by atoms with van der Waals surface area (Å²) in [5, 5.41) is 14.8. The van der Waals surface area contributed by atoms with Gasteiger partial charge in [0.1, 0.15) is 6.33 Å². The maximum Gasteiger partial charge on any atom is 0.191 e. The summed E-state index contributed by atoms with van der Waals surface area (Å²) in [5.74, 6) is 1.66. The van der Waals surface area contributed by atoms with Gasteiger partial charge in [0.15, 0.2) is 11.8 Å². The first-order valence-electron chi connectivity index (χ1n) is 8.84. The summed E-state index contributed by atoms with van der Waals surface area (Å²) in [4.78, 5) is 6.88. The van der Waals surface area contributed by atoms with Gasteiger partial charge in [-0.1, -0.05) is 30.3 Å². The van der Waals surface area contributed by atoms with E-state index in [2.05, 4.69) is 61.1 Å². The predicted molar refractivity (Wildman–Crippen MR) is 115 cm³/mol. The maximum absolute atomic E-state index is 4.33. The number of rotatable bonds is 6. The third-order valence-electron chi connectivity index (χ3n) is 4.67. The van der Waals surface area contributed by atoms with E-state index in [1.165, 1.54) is 18.4 Å². The van der Waals surface area contributed by atoms with Crippen LogP contribution in [0.15, 0.2) is 41.7 Å². The summed E-state index contributed by atoms with van der Waals surface area (Å²) in [6.07, 6.45) is 4.26. The van der Waals surface area contributed by atoms with E-state index in [4.69, 9.17) is 0 Å². The second-order valence-corrected chi connectivity index (χ2v) is 6.33. The van der Waals surface area contributed by atoms with E-state index < -0.39 is 0 Å². The van der Waals surface area contributed by atoms with Crippen molar-refractivity contribution >= 4 is 29.9 Å². The molecule has 3 rings (SSSR count). The van der Waals surface area contributed by atoms with Crippen LogP contribution in [-0.4, -0.2) is 52.3 Å². The van der Waals surface area contributed by atoms with Gasteiger partial charge in [0.2, 0.25) is 0 Å². The maximum atomic E-state index is 4.33. The molecule has 1 aromatic carbocycles. The number of guanidine groups is 1. The molecule has 1 aliphatic rings. The van der Waals surface area contributed by atoms with Gasteiger partial charge in [-0.2, -0.15) is 0 Å². The fraction of sp³-hybridized carbons (Fsp3) is 0.500. The molecule has 1 fully saturated rings. The molecule has 1 aromatic heterocycles. The number of nitrogens with zero attached hydrogens (tertiary/aromatic N) is 5. The molecular formula is C18H28IN7. The van der Waals surface area contributed by atoms with E-state index >= 15 is 0 Å². The van der Waals surface area contributed by atoms with E-state index in [9.17, 15) is 0 Å². The zero-order valence-corrected chi connectivity index (χ0v) is 17.8. The molecule has 1 atom stereocenters. The number of benzene rings is 1. The van der Waals surface area contributed by atoms with Gasteiger partial charge in [-0.15, -0.1) is 34.2 Å². The Hall–Kier alpha value is -1.68. The van der Waals surface area contributed by atoms with Crippen molar-refractivity contribution in [3.05, 3.63) is 48.0 Å². The Balaban J connectivity index is 0.00000243. The first-order valence-corrected chi connectivity index (χ1v) is 8.84. The molecule has 2 heterocycles. The topological polar surface area (TPSA) is 70.4 Å². The van der Waals surface area contributed by atoms with E-state index in [1.807, 2.05) is 11.6 Å². The number of nitrogens with one attached hydrogen (secondary N) is 2. The third kappa shape index (κ3) is 5.41. The lowest BCUT2D eigenvalue weighted by atomic mass is 10.1. The van der Waals surface area contributed by atoms with Gasteiger partial charge in [-0.25, -0.2) is 0 Å². The average Bonchev–Trinajstić information content (AvgIpc) is 3.31. The Morgan fingerprint density at radius 3 is 2.54 bits per heavy atom. The molecule has 1 aliphatic heterocycles. The standard InChI is InChI=1S/C18H27N7.HI/c1-19-18(21-13-17-23-22-14-24(17)2)20-12-16(25-10-6-7-11-25)15-8-4-3-5-9-15;/h3-5,8-9,14,16H,6-7,10-13H2,1-2H3,(H2,19,20,21);1H. The molecule has 1 saturated heterocycles. The highest BCUT2D eigenvalue weighted by molar-refractivity contribution is 14.0. The highest BCUT2D eigenvalue weighted by atomic mass is 127. The third-order valence-corrected chi connectivity index (χ3v) is 4.67. The second kappa shape index (κ2) is 10.5. The Morgan fingerprint density at radius 2 is 1.92 bits per heavy atom. The van der Waals surface area contributed by atoms with Gasteiger partial charge in [-0.05, 0) is 31.5 Å². The lowest BCUT2D eigenvalue weighted by Crippen LogP contribution is -2.42. The zero-order valence-electron chi connectivity index (χ0n) is 15.4. The summed E-state index contributed by atoms with van der Waals surface area (Å²) in [6.45, 7) is 3.73. The van der Waals surface area contributed by atoms with E-state index in [-0.39, 0.29) is 24.0 Å². The van der Waals surface area contributed by atoms with Crippen LogP contribution in [0.5, 0.6) is 0 Å². The fourth-order valence-electron chi connectivity index (χ4n) is 3.23. The van der Waals surface area contributed by atoms with Crippen molar-refractivity contribution in [2.75, 3.05) is 26.7 Å². The summed E-state index contributed by atoms with van der Waals surface area (Å²) < 4.78 is 1.90. The molecule has 2 aromatic rings. The van der Waals surface area contributed by atoms with Crippen molar-refractivity contribution in [1.29, 1.82) is 0 Å². The number of hydrogen-bond acceptors (Lipinski definition) is 4. The summed E-state index contributed by atoms with van der Waals surface area (Å²) in [5.41, 5.74) is 1.35. The molecule has 26 heavy (non-hydrogen) atoms. The van der Waals surface area contributed by atoms with Gasteiger partial charge < -0.3 is 15.2 Å². The van der Waals surface area contributed by atoms with Gasteiger partial charge in [0.05, 0.1) is 12.6 Å². The number of likely N-dealkylation sites (tertiary alicyclic amines) is 1. The van der Waals surface area contributed by atoms with E-state index in [1.54, 1.807) is 13.4 Å². The summed E-state index contributed by atoms with van der Waals surface area (Å²) in [7, 11) is 3.73. The molecule has 0 bridgehead atoms. The average molecular weight is 469 g/mol. The first-order chi connectivity index (χ1) is 12.3. The second-order valence-electron chi connectivity index (χ2n) is 6.33. The fourth-order valence-corrected chi connectivity index (χ4v) is 3.23. The smallest absolute Gasteiger partial charge is 0.191 e. The van der Waals surface area contributed by atoms with Crippen LogP contribution in [0.4, 0.5) is 0 Å². The van der Waals surface area contributed by atoms with Gasteiger partial charge >= 0.3 is 0 Å². The molecule has 2 N–H and O–H groups in total. The zero-order chi connectivity index (χ0) is 17.5. The Bertz CT molecular complexity index is 680. The van der Waals surface area contributed by atoms with Crippen LogP contribution in [-0.2, 0) is 13.6 Å². The number of halogens is 1. The summed E-state index contributed by atoms with van der Waals surface area (Å²) in [6, 6.07) is 11.1. The number of hydrogen-bond donors (Lipinski definition) is 2. The van der Waals surface area contributed by atoms with Gasteiger partial charge in [-0.3, -0.25) is 9.89 Å². The number of aromatic nitrogens is 3. The van der Waals surface area contributed by atoms with Gasteiger partial charge in [0, 0.05) is 20.6 Å². The molecule has 8 heteroatoms. The normalized spacial score (nSPS) is 16.2. The van der Waals surface area contributed by atoms with Crippen LogP contribution < -0.4 is 10.6 Å². The van der Waals surface area contributed by atoms with Crippen LogP contribution in [0, 0.1) is 0 Å². The Labute approximate surface area is 172 Å². The van der Waals surface area contributed by atoms with E-state index in [0.717, 1.165) is 31.4 Å². The van der Waals surface area contributed by atoms with Crippen molar-refractivity contribution < 1.29 is 0 Å². The van der Waals surface area contributed by atoms with Crippen LogP contribution in [0.25, 0.3) is 0 Å². The largest absolute Gasteiger partial charge is 0.354 e. The van der Waals surface area contributed by atoms with Crippen molar-refractivity contribution in [1.82, 2.24) is 30.3 Å². The molecule has 142 valence electrons. The SMILES string of the molecule is CN=C(NCc1nncn1C)NCC(c1ccccc1)N1CCCC1.I. The molecule has 7 nitrogen and oxygen atoms in total. The monoisotopic (exact) mass is 469 g/mol. The lowest BCUT2D eigenvalue weighted by molar-refractivity contribution is 0.245. The minimum absolute atomic E-state index is 0. The van der Waals surface area contributed by atoms with E-state index in [0.29, 0.717) is 12.6 Å². The highest BCUT2D eigenvalue weighted by Gasteiger charge is 2.23.